The lowest BCUT2D eigenvalue weighted by molar-refractivity contribution is -0.119. The molecule has 0 saturated heterocycles. The predicted octanol–water partition coefficient (Wildman–Crippen LogP) is 3.42. The summed E-state index contributed by atoms with van der Waals surface area (Å²) in [5.74, 6) is -0.318. The number of nitrogens with one attached hydrogen (secondary N) is 2. The number of rotatable bonds is 10. The molecular formula is C25H24BrN3O7S. The molecule has 0 unspecified atom stereocenters. The van der Waals surface area contributed by atoms with Gasteiger partial charge in [0, 0.05) is 10.0 Å². The topological polar surface area (TPSA) is 132 Å². The van der Waals surface area contributed by atoms with Crippen LogP contribution in [0.15, 0.2) is 75.1 Å². The van der Waals surface area contributed by atoms with Crippen molar-refractivity contribution in [1.29, 1.82) is 0 Å². The fraction of sp³-hybridized carbons (Fsp3) is 0.160. The van der Waals surface area contributed by atoms with Crippen molar-refractivity contribution in [2.45, 2.75) is 11.8 Å². The third kappa shape index (κ3) is 7.62. The average molecular weight is 590 g/mol. The number of carbonyl (C=O) groups excluding carboxylic acids is 2. The van der Waals surface area contributed by atoms with Crippen molar-refractivity contribution in [1.82, 2.24) is 10.1 Å². The van der Waals surface area contributed by atoms with E-state index in [1.54, 1.807) is 36.4 Å². The van der Waals surface area contributed by atoms with E-state index in [9.17, 15) is 18.0 Å². The molecule has 0 saturated carbocycles. The van der Waals surface area contributed by atoms with E-state index in [1.165, 1.54) is 44.7 Å². The maximum absolute atomic E-state index is 12.7. The van der Waals surface area contributed by atoms with Gasteiger partial charge in [-0.1, -0.05) is 33.6 Å². The van der Waals surface area contributed by atoms with Crippen molar-refractivity contribution in [2.24, 2.45) is 5.10 Å². The summed E-state index contributed by atoms with van der Waals surface area (Å²) in [5.41, 5.74) is 3.76. The maximum atomic E-state index is 12.7. The SMILES string of the molecule is COc1ccc(C(=O)Oc2ccc(Br)cc2/C=N\NC(=O)CNS(=O)(=O)c2ccc(C)cc2)cc1OC. The van der Waals surface area contributed by atoms with Crippen LogP contribution < -0.4 is 24.4 Å². The molecule has 194 valence electrons. The average Bonchev–Trinajstić information content (AvgIpc) is 2.88. The number of hydrogen-bond donors (Lipinski definition) is 2. The Morgan fingerprint density at radius 3 is 2.30 bits per heavy atom. The molecule has 3 rings (SSSR count). The van der Waals surface area contributed by atoms with Crippen LogP contribution in [0.4, 0.5) is 0 Å². The summed E-state index contributed by atoms with van der Waals surface area (Å²) in [7, 11) is -0.911. The number of sulfonamides is 1. The zero-order chi connectivity index (χ0) is 27.0. The predicted molar refractivity (Wildman–Crippen MR) is 141 cm³/mol. The van der Waals surface area contributed by atoms with Gasteiger partial charge in [0.25, 0.3) is 5.91 Å². The van der Waals surface area contributed by atoms with E-state index in [4.69, 9.17) is 14.2 Å². The highest BCUT2D eigenvalue weighted by atomic mass is 79.9. The maximum Gasteiger partial charge on any atom is 0.343 e. The van der Waals surface area contributed by atoms with Crippen LogP contribution in [0.5, 0.6) is 17.2 Å². The Kier molecular flexibility index (Phi) is 9.39. The van der Waals surface area contributed by atoms with Crippen LogP contribution in [-0.2, 0) is 14.8 Å². The Morgan fingerprint density at radius 2 is 1.62 bits per heavy atom. The van der Waals surface area contributed by atoms with Gasteiger partial charge < -0.3 is 14.2 Å². The Labute approximate surface area is 222 Å². The Bertz CT molecular complexity index is 1420. The van der Waals surface area contributed by atoms with E-state index in [1.807, 2.05) is 6.92 Å². The minimum absolute atomic E-state index is 0.0458. The van der Waals surface area contributed by atoms with Gasteiger partial charge in [0.2, 0.25) is 10.0 Å². The van der Waals surface area contributed by atoms with Crippen molar-refractivity contribution in [3.8, 4) is 17.2 Å². The minimum atomic E-state index is -3.85. The Hall–Kier alpha value is -3.74. The largest absolute Gasteiger partial charge is 0.493 e. The molecule has 0 bridgehead atoms. The van der Waals surface area contributed by atoms with Gasteiger partial charge in [0.1, 0.15) is 5.75 Å². The van der Waals surface area contributed by atoms with Gasteiger partial charge in [-0.3, -0.25) is 4.79 Å². The highest BCUT2D eigenvalue weighted by Crippen LogP contribution is 2.29. The first-order valence-electron chi connectivity index (χ1n) is 10.7. The summed E-state index contributed by atoms with van der Waals surface area (Å²) in [6.07, 6.45) is 1.27. The zero-order valence-corrected chi connectivity index (χ0v) is 22.6. The molecule has 0 aliphatic heterocycles. The summed E-state index contributed by atoms with van der Waals surface area (Å²) in [5, 5.41) is 3.85. The van der Waals surface area contributed by atoms with E-state index in [-0.39, 0.29) is 16.2 Å². The Morgan fingerprint density at radius 1 is 0.946 bits per heavy atom. The van der Waals surface area contributed by atoms with Gasteiger partial charge in [-0.05, 0) is 55.5 Å². The van der Waals surface area contributed by atoms with Gasteiger partial charge in [-0.15, -0.1) is 0 Å². The van der Waals surface area contributed by atoms with Crippen LogP contribution in [-0.4, -0.2) is 47.3 Å². The molecule has 3 aromatic rings. The lowest BCUT2D eigenvalue weighted by Gasteiger charge is -2.11. The van der Waals surface area contributed by atoms with Gasteiger partial charge in [0.05, 0.1) is 37.4 Å². The first-order chi connectivity index (χ1) is 17.6. The summed E-state index contributed by atoms with van der Waals surface area (Å²) in [4.78, 5) is 24.9. The minimum Gasteiger partial charge on any atom is -0.493 e. The van der Waals surface area contributed by atoms with Crippen molar-refractivity contribution in [3.63, 3.8) is 0 Å². The fourth-order valence-electron chi connectivity index (χ4n) is 3.01. The van der Waals surface area contributed by atoms with Gasteiger partial charge in [0.15, 0.2) is 11.5 Å². The number of benzene rings is 3. The summed E-state index contributed by atoms with van der Waals surface area (Å²) < 4.78 is 43.5. The number of hydrazone groups is 1. The molecule has 2 N–H and O–H groups in total. The number of amides is 1. The third-order valence-electron chi connectivity index (χ3n) is 4.94. The van der Waals surface area contributed by atoms with Crippen LogP contribution in [0.2, 0.25) is 0 Å². The molecule has 0 atom stereocenters. The van der Waals surface area contributed by atoms with Gasteiger partial charge in [-0.2, -0.15) is 5.10 Å². The molecule has 0 fully saturated rings. The summed E-state index contributed by atoms with van der Waals surface area (Å²) >= 11 is 3.34. The van der Waals surface area contributed by atoms with Crippen molar-refractivity contribution in [3.05, 3.63) is 81.8 Å². The van der Waals surface area contributed by atoms with Crippen LogP contribution >= 0.6 is 15.9 Å². The molecular weight excluding hydrogens is 566 g/mol. The van der Waals surface area contributed by atoms with Gasteiger partial charge in [-0.25, -0.2) is 23.4 Å². The second-order valence-electron chi connectivity index (χ2n) is 7.57. The molecule has 0 heterocycles. The summed E-state index contributed by atoms with van der Waals surface area (Å²) in [6, 6.07) is 15.7. The molecule has 1 amide bonds. The number of nitrogens with zero attached hydrogens (tertiary/aromatic N) is 1. The second kappa shape index (κ2) is 12.5. The number of halogens is 1. The molecule has 0 aliphatic rings. The van der Waals surface area contributed by atoms with Crippen LogP contribution in [0, 0.1) is 6.92 Å². The molecule has 10 nitrogen and oxygen atoms in total. The van der Waals surface area contributed by atoms with E-state index in [2.05, 4.69) is 31.2 Å². The Balaban J connectivity index is 1.65. The number of hydrogen-bond acceptors (Lipinski definition) is 8. The lowest BCUT2D eigenvalue weighted by atomic mass is 10.2. The number of esters is 1. The van der Waals surface area contributed by atoms with E-state index in [0.717, 1.165) is 5.56 Å². The standard InChI is InChI=1S/C25H24BrN3O7S/c1-16-4-8-20(9-5-16)37(32,33)28-15-24(30)29-27-14-18-12-19(26)7-11-21(18)36-25(31)17-6-10-22(34-2)23(13-17)35-3/h4-14,28H,15H2,1-3H3,(H,29,30)/b27-14-. The van der Waals surface area contributed by atoms with Crippen molar-refractivity contribution >= 4 is 44.0 Å². The highest BCUT2D eigenvalue weighted by molar-refractivity contribution is 9.10. The molecule has 37 heavy (non-hydrogen) atoms. The first kappa shape index (κ1) is 27.8. The monoisotopic (exact) mass is 589 g/mol. The normalized spacial score (nSPS) is 11.2. The van der Waals surface area contributed by atoms with Gasteiger partial charge >= 0.3 is 5.97 Å². The smallest absolute Gasteiger partial charge is 0.343 e. The molecule has 0 aromatic heterocycles. The second-order valence-corrected chi connectivity index (χ2v) is 10.3. The lowest BCUT2D eigenvalue weighted by Crippen LogP contribution is -2.34. The van der Waals surface area contributed by atoms with Crippen molar-refractivity contribution < 1.29 is 32.2 Å². The fourth-order valence-corrected chi connectivity index (χ4v) is 4.37. The van der Waals surface area contributed by atoms with E-state index < -0.39 is 28.4 Å². The molecule has 12 heteroatoms. The molecule has 0 spiro atoms. The number of carbonyl (C=O) groups is 2. The third-order valence-corrected chi connectivity index (χ3v) is 6.85. The van der Waals surface area contributed by atoms with E-state index in [0.29, 0.717) is 21.5 Å². The molecule has 3 aromatic carbocycles. The van der Waals surface area contributed by atoms with Crippen LogP contribution in [0.3, 0.4) is 0 Å². The van der Waals surface area contributed by atoms with E-state index >= 15 is 0 Å². The first-order valence-corrected chi connectivity index (χ1v) is 13.0. The number of aryl methyl sites for hydroxylation is 1. The van der Waals surface area contributed by atoms with Crippen molar-refractivity contribution in [2.75, 3.05) is 20.8 Å². The molecule has 0 radical (unpaired) electrons. The summed E-state index contributed by atoms with van der Waals surface area (Å²) in [6.45, 7) is 1.32. The number of ether oxygens (including phenoxy) is 3. The number of methoxy groups -OCH3 is 2. The van der Waals surface area contributed by atoms with Crippen LogP contribution in [0.25, 0.3) is 0 Å². The zero-order valence-electron chi connectivity index (χ0n) is 20.1. The highest BCUT2D eigenvalue weighted by Gasteiger charge is 2.16. The molecule has 0 aliphatic carbocycles. The van der Waals surface area contributed by atoms with Crippen LogP contribution in [0.1, 0.15) is 21.5 Å². The quantitative estimate of drug-likeness (QED) is 0.160.